The van der Waals surface area contributed by atoms with Gasteiger partial charge in [-0.25, -0.2) is 9.59 Å². The molecule has 0 saturated heterocycles. The Morgan fingerprint density at radius 3 is 1.07 bits per heavy atom. The molecule has 0 radical (unpaired) electrons. The van der Waals surface area contributed by atoms with Gasteiger partial charge in [0.2, 0.25) is 0 Å². The van der Waals surface area contributed by atoms with E-state index < -0.39 is 17.4 Å². The predicted molar refractivity (Wildman–Crippen MR) is 278 cm³/mol. The van der Waals surface area contributed by atoms with Crippen molar-refractivity contribution in [2.75, 3.05) is 13.2 Å². The van der Waals surface area contributed by atoms with E-state index in [2.05, 4.69) is 23.8 Å². The Balaban J connectivity index is 1.01. The molecule has 0 aliphatic rings. The molecule has 0 saturated carbocycles. The number of nitrogens with zero attached hydrogens (tertiary/aromatic N) is 2. The van der Waals surface area contributed by atoms with E-state index in [0.717, 1.165) is 46.8 Å². The highest BCUT2D eigenvalue weighted by Gasteiger charge is 2.16. The van der Waals surface area contributed by atoms with Crippen molar-refractivity contribution in [1.82, 2.24) is 0 Å². The summed E-state index contributed by atoms with van der Waals surface area (Å²) in [6, 6.07) is 34.5. The summed E-state index contributed by atoms with van der Waals surface area (Å²) in [6.45, 7) is 5.93. The van der Waals surface area contributed by atoms with Crippen molar-refractivity contribution in [3.8, 4) is 23.0 Å². The molecule has 9 heteroatoms. The minimum absolute atomic E-state index is 0.236. The number of rotatable bonds is 32. The Labute approximate surface area is 405 Å². The quantitative estimate of drug-likeness (QED) is 0.0240. The fraction of sp³-hybridized carbons (Fsp3) is 0.407. The maximum atomic E-state index is 13.4. The third kappa shape index (κ3) is 20.3. The second kappa shape index (κ2) is 31.6. The zero-order valence-corrected chi connectivity index (χ0v) is 40.5. The SMILES string of the molecule is CCCCCCCCCCCCOc1ccc(N=Cc2ccc(C(=O)Oc3ccccc(OC(=O)c4ccc(C=Nc5ccc(OCCCCCCCCCCCC)cc5)cc4)c3=O)cc2)cc1. The lowest BCUT2D eigenvalue weighted by atomic mass is 10.1. The average Bonchev–Trinajstić information content (AvgIpc) is 3.53. The first kappa shape index (κ1) is 52.6. The average molecular weight is 921 g/mol. The number of aliphatic imine (C=N–C) groups is 2. The summed E-state index contributed by atoms with van der Waals surface area (Å²) >= 11 is 0. The van der Waals surface area contributed by atoms with E-state index in [0.29, 0.717) is 13.2 Å². The van der Waals surface area contributed by atoms with Gasteiger partial charge in [0, 0.05) is 12.4 Å². The first-order valence-corrected chi connectivity index (χ1v) is 25.2. The van der Waals surface area contributed by atoms with Crippen molar-refractivity contribution in [2.24, 2.45) is 9.98 Å². The molecule has 5 rings (SSSR count). The molecule has 68 heavy (non-hydrogen) atoms. The van der Waals surface area contributed by atoms with Crippen molar-refractivity contribution in [2.45, 2.75) is 142 Å². The molecule has 0 aromatic heterocycles. The van der Waals surface area contributed by atoms with Crippen LogP contribution in [0.1, 0.15) is 174 Å². The fourth-order valence-electron chi connectivity index (χ4n) is 7.56. The van der Waals surface area contributed by atoms with E-state index in [1.165, 1.54) is 140 Å². The van der Waals surface area contributed by atoms with Gasteiger partial charge in [-0.1, -0.05) is 166 Å². The summed E-state index contributed by atoms with van der Waals surface area (Å²) in [6.07, 6.45) is 29.2. The minimum atomic E-state index is -0.741. The summed E-state index contributed by atoms with van der Waals surface area (Å²) in [5.74, 6) is -0.362. The van der Waals surface area contributed by atoms with Crippen LogP contribution >= 0.6 is 0 Å². The molecule has 9 nitrogen and oxygen atoms in total. The molecule has 0 aliphatic heterocycles. The van der Waals surface area contributed by atoms with Crippen molar-refractivity contribution in [3.63, 3.8) is 0 Å². The summed E-state index contributed by atoms with van der Waals surface area (Å²) in [4.78, 5) is 48.7. The van der Waals surface area contributed by atoms with Gasteiger partial charge in [-0.15, -0.1) is 0 Å². The van der Waals surface area contributed by atoms with Gasteiger partial charge in [0.1, 0.15) is 11.5 Å². The molecular formula is C59H72N2O7. The highest BCUT2D eigenvalue weighted by atomic mass is 16.6. The number of benzene rings is 4. The molecule has 0 aliphatic carbocycles. The Morgan fingerprint density at radius 2 is 0.735 bits per heavy atom. The van der Waals surface area contributed by atoms with E-state index >= 15 is 0 Å². The molecule has 0 heterocycles. The van der Waals surface area contributed by atoms with Crippen LogP contribution in [0.5, 0.6) is 23.0 Å². The van der Waals surface area contributed by atoms with Crippen LogP contribution in [0.25, 0.3) is 0 Å². The highest BCUT2D eigenvalue weighted by molar-refractivity contribution is 5.93. The summed E-state index contributed by atoms with van der Waals surface area (Å²) < 4.78 is 22.8. The van der Waals surface area contributed by atoms with Gasteiger partial charge in [-0.2, -0.15) is 0 Å². The molecular weight excluding hydrogens is 849 g/mol. The normalized spacial score (nSPS) is 11.3. The maximum absolute atomic E-state index is 13.4. The first-order chi connectivity index (χ1) is 33.4. The van der Waals surface area contributed by atoms with Crippen LogP contribution in [0.3, 0.4) is 0 Å². The van der Waals surface area contributed by atoms with E-state index in [9.17, 15) is 14.4 Å². The van der Waals surface area contributed by atoms with Crippen LogP contribution in [0.4, 0.5) is 11.4 Å². The molecule has 0 amide bonds. The number of hydrogen-bond donors (Lipinski definition) is 0. The van der Waals surface area contributed by atoms with E-state index in [4.69, 9.17) is 18.9 Å². The van der Waals surface area contributed by atoms with Crippen molar-refractivity contribution in [1.29, 1.82) is 0 Å². The Bertz CT molecular complexity index is 2160. The molecule has 5 aromatic rings. The van der Waals surface area contributed by atoms with Gasteiger partial charge >= 0.3 is 11.9 Å². The number of ether oxygens (including phenoxy) is 4. The van der Waals surface area contributed by atoms with E-state index in [-0.39, 0.29) is 22.6 Å². The molecule has 5 aromatic carbocycles. The minimum Gasteiger partial charge on any atom is -0.494 e. The van der Waals surface area contributed by atoms with Crippen LogP contribution in [0, 0.1) is 0 Å². The van der Waals surface area contributed by atoms with Crippen molar-refractivity contribution < 1.29 is 28.5 Å². The van der Waals surface area contributed by atoms with Gasteiger partial charge in [0.15, 0.2) is 11.5 Å². The molecule has 360 valence electrons. The van der Waals surface area contributed by atoms with Crippen LogP contribution in [0.15, 0.2) is 136 Å². The van der Waals surface area contributed by atoms with Gasteiger partial charge in [0.25, 0.3) is 5.43 Å². The first-order valence-electron chi connectivity index (χ1n) is 25.2. The molecule has 0 bridgehead atoms. The second-order valence-corrected chi connectivity index (χ2v) is 17.4. The third-order valence-corrected chi connectivity index (χ3v) is 11.7. The van der Waals surface area contributed by atoms with Crippen LogP contribution in [-0.4, -0.2) is 37.6 Å². The van der Waals surface area contributed by atoms with E-state index in [1.54, 1.807) is 61.0 Å². The Morgan fingerprint density at radius 1 is 0.412 bits per heavy atom. The third-order valence-electron chi connectivity index (χ3n) is 11.7. The molecule has 0 atom stereocenters. The van der Waals surface area contributed by atoms with Crippen molar-refractivity contribution >= 4 is 35.7 Å². The Kier molecular flexibility index (Phi) is 24.4. The van der Waals surface area contributed by atoms with Crippen molar-refractivity contribution in [3.05, 3.63) is 154 Å². The maximum Gasteiger partial charge on any atom is 0.343 e. The fourth-order valence-corrected chi connectivity index (χ4v) is 7.56. The number of carbonyl (C=O) groups excluding carboxylic acids is 2. The standard InChI is InChI=1S/C59H72N2O7/c1-3-5-7-9-11-13-15-17-19-23-43-65-53-39-35-51(36-40-53)60-45-47-27-31-49(32-28-47)58(63)67-55-25-21-22-26-56(57(55)62)68-59(64)50-33-29-48(30-34-50)46-61-52-37-41-54(42-38-52)66-44-24-20-18-16-14-12-10-8-6-4-2/h21-22,25-42,45-46H,3-20,23-24,43-44H2,1-2H3. The van der Waals surface area contributed by atoms with Gasteiger partial charge < -0.3 is 18.9 Å². The van der Waals surface area contributed by atoms with Gasteiger partial charge in [-0.05, 0) is 109 Å². The van der Waals surface area contributed by atoms with Crippen LogP contribution in [0.2, 0.25) is 0 Å². The second-order valence-electron chi connectivity index (χ2n) is 17.4. The zero-order valence-electron chi connectivity index (χ0n) is 40.5. The Hall–Kier alpha value is -6.35. The summed E-state index contributed by atoms with van der Waals surface area (Å²) in [5, 5.41) is 0. The lowest BCUT2D eigenvalue weighted by molar-refractivity contribution is 0.0730. The molecule has 0 unspecified atom stereocenters. The molecule has 0 fully saturated rings. The zero-order chi connectivity index (χ0) is 47.9. The lowest BCUT2D eigenvalue weighted by Gasteiger charge is -2.06. The van der Waals surface area contributed by atoms with Gasteiger partial charge in [0.05, 0.1) is 35.7 Å². The number of unbranched alkanes of at least 4 members (excludes halogenated alkanes) is 18. The molecule has 0 spiro atoms. The predicted octanol–water partition coefficient (Wildman–Crippen LogP) is 15.6. The molecule has 0 N–H and O–H groups in total. The number of carbonyl (C=O) groups is 2. The highest BCUT2D eigenvalue weighted by Crippen LogP contribution is 2.22. The smallest absolute Gasteiger partial charge is 0.343 e. The lowest BCUT2D eigenvalue weighted by Crippen LogP contribution is -2.17. The monoisotopic (exact) mass is 921 g/mol. The number of hydrogen-bond acceptors (Lipinski definition) is 9. The van der Waals surface area contributed by atoms with E-state index in [1.807, 2.05) is 48.5 Å². The topological polar surface area (TPSA) is 113 Å². The van der Waals surface area contributed by atoms with Crippen LogP contribution in [-0.2, 0) is 0 Å². The number of esters is 2. The van der Waals surface area contributed by atoms with Crippen LogP contribution < -0.4 is 24.4 Å². The van der Waals surface area contributed by atoms with Gasteiger partial charge in [-0.3, -0.25) is 14.8 Å². The summed E-state index contributed by atoms with van der Waals surface area (Å²) in [5.41, 5.74) is 2.83. The largest absolute Gasteiger partial charge is 0.494 e. The summed E-state index contributed by atoms with van der Waals surface area (Å²) in [7, 11) is 0.